The van der Waals surface area contributed by atoms with Crippen LogP contribution in [0, 0.1) is 0 Å². The van der Waals surface area contributed by atoms with Crippen molar-refractivity contribution in [3.05, 3.63) is 53.1 Å². The number of anilines is 2. The van der Waals surface area contributed by atoms with Crippen LogP contribution in [0.15, 0.2) is 47.4 Å². The first-order chi connectivity index (χ1) is 13.8. The van der Waals surface area contributed by atoms with Crippen LogP contribution in [0.1, 0.15) is 20.1 Å². The van der Waals surface area contributed by atoms with E-state index in [9.17, 15) is 19.5 Å². The number of nitrogens with one attached hydrogen (secondary N) is 1. The molecule has 0 saturated carbocycles. The van der Waals surface area contributed by atoms with E-state index >= 15 is 0 Å². The number of benzene rings is 1. The third-order valence-electron chi connectivity index (χ3n) is 4.21. The lowest BCUT2D eigenvalue weighted by atomic mass is 10.1. The molecule has 2 aromatic rings. The fourth-order valence-electron chi connectivity index (χ4n) is 2.97. The highest BCUT2D eigenvalue weighted by Gasteiger charge is 2.47. The van der Waals surface area contributed by atoms with Crippen molar-refractivity contribution in [3.8, 4) is 0 Å². The van der Waals surface area contributed by atoms with Gasteiger partial charge in [-0.05, 0) is 18.2 Å². The Kier molecular flexibility index (Phi) is 6.25. The highest BCUT2D eigenvalue weighted by molar-refractivity contribution is 5.66. The molecule has 3 rings (SSSR count). The van der Waals surface area contributed by atoms with E-state index < -0.39 is 42.2 Å². The van der Waals surface area contributed by atoms with Crippen molar-refractivity contribution >= 4 is 23.4 Å². The molecule has 0 aliphatic carbocycles. The Morgan fingerprint density at radius 1 is 1.21 bits per heavy atom. The van der Waals surface area contributed by atoms with Gasteiger partial charge in [-0.2, -0.15) is 4.98 Å². The summed E-state index contributed by atoms with van der Waals surface area (Å²) in [5.74, 6) is -0.875. The molecule has 1 saturated heterocycles. The minimum Gasteiger partial charge on any atom is -0.463 e. The number of carbonyl (C=O) groups excluding carboxylic acids is 2. The topological polar surface area (TPSA) is 129 Å². The van der Waals surface area contributed by atoms with E-state index in [2.05, 4.69) is 10.3 Å². The molecule has 29 heavy (non-hydrogen) atoms. The van der Waals surface area contributed by atoms with Gasteiger partial charge in [0.1, 0.15) is 24.6 Å². The zero-order chi connectivity index (χ0) is 21.0. The predicted molar refractivity (Wildman–Crippen MR) is 100 cm³/mol. The molecule has 0 amide bonds. The van der Waals surface area contributed by atoms with E-state index in [0.29, 0.717) is 5.82 Å². The smallest absolute Gasteiger partial charge is 0.351 e. The molecule has 0 unspecified atom stereocenters. The summed E-state index contributed by atoms with van der Waals surface area (Å²) in [5, 5.41) is 13.6. The highest BCUT2D eigenvalue weighted by Crippen LogP contribution is 2.31. The zero-order valence-corrected chi connectivity index (χ0v) is 15.8. The molecule has 1 aliphatic heterocycles. The summed E-state index contributed by atoms with van der Waals surface area (Å²) in [6, 6.07) is 10.7. The number of hydrogen-bond acceptors (Lipinski definition) is 9. The van der Waals surface area contributed by atoms with E-state index in [4.69, 9.17) is 14.2 Å². The number of ether oxygens (including phenoxy) is 3. The van der Waals surface area contributed by atoms with Gasteiger partial charge >= 0.3 is 17.6 Å². The molecular formula is C19H21N3O7. The SMILES string of the molecule is CC(=O)OC[C@H]1O[C@@H](n2ccc(Nc3ccccc3)nc2=O)[C@@H](O)[C@@H]1OC(C)=O. The Morgan fingerprint density at radius 2 is 1.93 bits per heavy atom. The maximum Gasteiger partial charge on any atom is 0.351 e. The number of nitrogens with zero attached hydrogens (tertiary/aromatic N) is 2. The van der Waals surface area contributed by atoms with Crippen LogP contribution in [0.2, 0.25) is 0 Å². The maximum absolute atomic E-state index is 12.5. The predicted octanol–water partition coefficient (Wildman–Crippen LogP) is 0.740. The molecule has 1 aliphatic rings. The molecule has 2 N–H and O–H groups in total. The Labute approximate surface area is 166 Å². The Balaban J connectivity index is 1.80. The molecule has 1 aromatic carbocycles. The van der Waals surface area contributed by atoms with Gasteiger partial charge in [0.05, 0.1) is 0 Å². The van der Waals surface area contributed by atoms with Crippen LogP contribution >= 0.6 is 0 Å². The number of aliphatic hydroxyl groups is 1. The Hall–Kier alpha value is -3.24. The fraction of sp³-hybridized carbons (Fsp3) is 0.368. The van der Waals surface area contributed by atoms with E-state index in [1.807, 2.05) is 30.3 Å². The summed E-state index contributed by atoms with van der Waals surface area (Å²) >= 11 is 0. The quantitative estimate of drug-likeness (QED) is 0.671. The number of carbonyl (C=O) groups is 2. The van der Waals surface area contributed by atoms with Gasteiger partial charge in [-0.15, -0.1) is 0 Å². The number of aromatic nitrogens is 2. The van der Waals surface area contributed by atoms with Gasteiger partial charge in [-0.25, -0.2) is 4.79 Å². The monoisotopic (exact) mass is 403 g/mol. The van der Waals surface area contributed by atoms with Gasteiger partial charge < -0.3 is 24.6 Å². The molecule has 4 atom stereocenters. The third-order valence-corrected chi connectivity index (χ3v) is 4.21. The molecule has 0 radical (unpaired) electrons. The van der Waals surface area contributed by atoms with Crippen LogP contribution in [0.4, 0.5) is 11.5 Å². The maximum atomic E-state index is 12.5. The summed E-state index contributed by atoms with van der Waals surface area (Å²) in [7, 11) is 0. The van der Waals surface area contributed by atoms with E-state index in [1.54, 1.807) is 6.07 Å². The molecule has 10 heteroatoms. The first-order valence-electron chi connectivity index (χ1n) is 8.90. The third kappa shape index (κ3) is 4.98. The summed E-state index contributed by atoms with van der Waals surface area (Å²) < 4.78 is 16.8. The second-order valence-corrected chi connectivity index (χ2v) is 6.43. The van der Waals surface area contributed by atoms with Crippen molar-refractivity contribution in [2.45, 2.75) is 38.4 Å². The Morgan fingerprint density at radius 3 is 2.55 bits per heavy atom. The van der Waals surface area contributed by atoms with Crippen LogP contribution in [0.5, 0.6) is 0 Å². The number of esters is 2. The van der Waals surface area contributed by atoms with Crippen molar-refractivity contribution in [1.82, 2.24) is 9.55 Å². The van der Waals surface area contributed by atoms with Gasteiger partial charge in [0.25, 0.3) is 0 Å². The standard InChI is InChI=1S/C19H21N3O7/c1-11(23)27-10-14-17(28-12(2)24)16(25)18(29-14)22-9-8-15(21-19(22)26)20-13-6-4-3-5-7-13/h3-9,14,16-18,25H,10H2,1-2H3,(H,20,21,26)/t14-,16+,17-,18-/m1/s1. The number of para-hydroxylation sites is 1. The molecule has 1 aromatic heterocycles. The summed E-state index contributed by atoms with van der Waals surface area (Å²) in [6.07, 6.45) is -3.15. The minimum absolute atomic E-state index is 0.239. The average molecular weight is 403 g/mol. The van der Waals surface area contributed by atoms with Crippen molar-refractivity contribution in [3.63, 3.8) is 0 Å². The largest absolute Gasteiger partial charge is 0.463 e. The number of aliphatic hydroxyl groups excluding tert-OH is 1. The average Bonchev–Trinajstić information content (AvgIpc) is 2.96. The minimum atomic E-state index is -1.35. The lowest BCUT2D eigenvalue weighted by Crippen LogP contribution is -2.39. The van der Waals surface area contributed by atoms with Gasteiger partial charge in [0.2, 0.25) is 0 Å². The number of hydrogen-bond donors (Lipinski definition) is 2. The van der Waals surface area contributed by atoms with E-state index in [-0.39, 0.29) is 6.61 Å². The molecule has 154 valence electrons. The van der Waals surface area contributed by atoms with Crippen molar-refractivity contribution in [1.29, 1.82) is 0 Å². The van der Waals surface area contributed by atoms with Gasteiger partial charge in [-0.3, -0.25) is 14.2 Å². The van der Waals surface area contributed by atoms with Gasteiger partial charge in [0, 0.05) is 25.7 Å². The van der Waals surface area contributed by atoms with E-state index in [0.717, 1.165) is 10.3 Å². The van der Waals surface area contributed by atoms with E-state index in [1.165, 1.54) is 20.0 Å². The molecule has 1 fully saturated rings. The Bertz CT molecular complexity index is 931. The molecule has 10 nitrogen and oxygen atoms in total. The van der Waals surface area contributed by atoms with Gasteiger partial charge in [0.15, 0.2) is 12.3 Å². The van der Waals surface area contributed by atoms with Crippen molar-refractivity contribution in [2.24, 2.45) is 0 Å². The van der Waals surface area contributed by atoms with Crippen LogP contribution < -0.4 is 11.0 Å². The van der Waals surface area contributed by atoms with Crippen LogP contribution in [-0.2, 0) is 23.8 Å². The molecule has 0 spiro atoms. The second kappa shape index (κ2) is 8.84. The molecule has 0 bridgehead atoms. The summed E-state index contributed by atoms with van der Waals surface area (Å²) in [5.41, 5.74) is 0.0790. The van der Waals surface area contributed by atoms with Crippen LogP contribution in [0.3, 0.4) is 0 Å². The van der Waals surface area contributed by atoms with Crippen molar-refractivity contribution in [2.75, 3.05) is 11.9 Å². The molecule has 2 heterocycles. The number of rotatable bonds is 6. The highest BCUT2D eigenvalue weighted by atomic mass is 16.6. The van der Waals surface area contributed by atoms with Crippen LogP contribution in [0.25, 0.3) is 0 Å². The second-order valence-electron chi connectivity index (χ2n) is 6.43. The van der Waals surface area contributed by atoms with Crippen LogP contribution in [-0.4, -0.2) is 51.5 Å². The lowest BCUT2D eigenvalue weighted by molar-refractivity contribution is -0.157. The summed E-state index contributed by atoms with van der Waals surface area (Å²) in [6.45, 7) is 2.16. The lowest BCUT2D eigenvalue weighted by Gasteiger charge is -2.19. The zero-order valence-electron chi connectivity index (χ0n) is 15.8. The molecular weight excluding hydrogens is 382 g/mol. The first kappa shape index (κ1) is 20.5. The summed E-state index contributed by atoms with van der Waals surface area (Å²) in [4.78, 5) is 38.9. The van der Waals surface area contributed by atoms with Gasteiger partial charge in [-0.1, -0.05) is 18.2 Å². The first-order valence-corrected chi connectivity index (χ1v) is 8.90. The van der Waals surface area contributed by atoms with Crippen molar-refractivity contribution < 1.29 is 28.9 Å². The fourth-order valence-corrected chi connectivity index (χ4v) is 2.97. The normalized spacial score (nSPS) is 23.4.